The van der Waals surface area contributed by atoms with Gasteiger partial charge in [0.25, 0.3) is 5.82 Å². The fraction of sp³-hybridized carbons (Fsp3) is 0.263. The number of para-hydroxylation sites is 1. The SMILES string of the molecule is COC(=O)c1cccc2c3c([nH]c12)CCN(c1ccc2nnc(C(F)(F)F)n2n1)C3. The maximum absolute atomic E-state index is 13.2. The smallest absolute Gasteiger partial charge is 0.453 e. The Labute approximate surface area is 167 Å². The molecule has 1 aromatic carbocycles. The summed E-state index contributed by atoms with van der Waals surface area (Å²) >= 11 is 0. The van der Waals surface area contributed by atoms with E-state index in [1.54, 1.807) is 18.2 Å². The van der Waals surface area contributed by atoms with E-state index in [2.05, 4.69) is 20.3 Å². The molecule has 0 saturated heterocycles. The summed E-state index contributed by atoms with van der Waals surface area (Å²) in [5, 5.41) is 11.8. The monoisotopic (exact) mass is 416 g/mol. The summed E-state index contributed by atoms with van der Waals surface area (Å²) in [7, 11) is 1.33. The lowest BCUT2D eigenvalue weighted by atomic mass is 10.0. The second-order valence-electron chi connectivity index (χ2n) is 6.96. The Kier molecular flexibility index (Phi) is 3.95. The van der Waals surface area contributed by atoms with Crippen LogP contribution in [0.3, 0.4) is 0 Å². The zero-order valence-corrected chi connectivity index (χ0v) is 15.7. The first-order chi connectivity index (χ1) is 14.4. The number of hydrogen-bond donors (Lipinski definition) is 1. The molecule has 0 bridgehead atoms. The molecular formula is C19H15F3N6O2. The van der Waals surface area contributed by atoms with Gasteiger partial charge in [0.05, 0.1) is 18.2 Å². The minimum Gasteiger partial charge on any atom is -0.465 e. The maximum atomic E-state index is 13.2. The third kappa shape index (κ3) is 2.77. The number of aromatic nitrogens is 5. The number of anilines is 1. The van der Waals surface area contributed by atoms with Crippen LogP contribution < -0.4 is 4.90 Å². The van der Waals surface area contributed by atoms with Gasteiger partial charge >= 0.3 is 12.1 Å². The number of fused-ring (bicyclic) bond motifs is 4. The molecule has 0 fully saturated rings. The zero-order chi connectivity index (χ0) is 21.0. The highest BCUT2D eigenvalue weighted by Crippen LogP contribution is 2.32. The predicted octanol–water partition coefficient (Wildman–Crippen LogP) is 2.97. The second-order valence-corrected chi connectivity index (χ2v) is 6.96. The lowest BCUT2D eigenvalue weighted by Gasteiger charge is -2.28. The molecule has 0 saturated carbocycles. The molecule has 3 aromatic heterocycles. The molecule has 0 radical (unpaired) electrons. The van der Waals surface area contributed by atoms with Gasteiger partial charge < -0.3 is 14.6 Å². The molecule has 1 aliphatic heterocycles. The number of alkyl halides is 3. The first-order valence-electron chi connectivity index (χ1n) is 9.12. The van der Waals surface area contributed by atoms with Gasteiger partial charge in [-0.25, -0.2) is 4.79 Å². The van der Waals surface area contributed by atoms with Gasteiger partial charge in [0.2, 0.25) is 0 Å². The number of methoxy groups -OCH3 is 1. The number of nitrogens with one attached hydrogen (secondary N) is 1. The summed E-state index contributed by atoms with van der Waals surface area (Å²) in [6.45, 7) is 0.983. The molecule has 8 nitrogen and oxygen atoms in total. The number of ether oxygens (including phenoxy) is 1. The van der Waals surface area contributed by atoms with Gasteiger partial charge in [-0.1, -0.05) is 12.1 Å². The Morgan fingerprint density at radius 2 is 2.03 bits per heavy atom. The Balaban J connectivity index is 1.55. The number of aromatic amines is 1. The first kappa shape index (κ1) is 18.4. The molecule has 0 spiro atoms. The lowest BCUT2D eigenvalue weighted by Crippen LogP contribution is -2.31. The normalized spacial score (nSPS) is 14.3. The summed E-state index contributed by atoms with van der Waals surface area (Å²) in [5.41, 5.74) is 3.12. The highest BCUT2D eigenvalue weighted by Gasteiger charge is 2.38. The molecule has 0 aliphatic carbocycles. The predicted molar refractivity (Wildman–Crippen MR) is 100 cm³/mol. The van der Waals surface area contributed by atoms with Crippen molar-refractivity contribution in [2.45, 2.75) is 19.1 Å². The Morgan fingerprint density at radius 1 is 1.20 bits per heavy atom. The number of hydrogen-bond acceptors (Lipinski definition) is 6. The molecule has 1 N–H and O–H groups in total. The average molecular weight is 416 g/mol. The summed E-state index contributed by atoms with van der Waals surface area (Å²) in [4.78, 5) is 17.3. The fourth-order valence-corrected chi connectivity index (χ4v) is 3.84. The molecule has 154 valence electrons. The largest absolute Gasteiger partial charge is 0.465 e. The van der Waals surface area contributed by atoms with Crippen LogP contribution in [0.15, 0.2) is 30.3 Å². The van der Waals surface area contributed by atoms with Crippen LogP contribution in [-0.2, 0) is 23.9 Å². The minimum atomic E-state index is -4.65. The van der Waals surface area contributed by atoms with Crippen molar-refractivity contribution in [1.29, 1.82) is 0 Å². The summed E-state index contributed by atoms with van der Waals surface area (Å²) in [6, 6.07) is 8.46. The molecule has 0 atom stereocenters. The van der Waals surface area contributed by atoms with Crippen LogP contribution in [0.1, 0.15) is 27.4 Å². The van der Waals surface area contributed by atoms with Crippen molar-refractivity contribution in [1.82, 2.24) is 24.8 Å². The third-order valence-corrected chi connectivity index (χ3v) is 5.24. The van der Waals surface area contributed by atoms with E-state index < -0.39 is 18.0 Å². The Morgan fingerprint density at radius 3 is 2.80 bits per heavy atom. The van der Waals surface area contributed by atoms with Crippen LogP contribution in [0.4, 0.5) is 19.0 Å². The Hall–Kier alpha value is -3.63. The highest BCUT2D eigenvalue weighted by atomic mass is 19.4. The number of benzene rings is 1. The minimum absolute atomic E-state index is 0.0265. The number of carbonyl (C=O) groups excluding carboxylic acids is 1. The fourth-order valence-electron chi connectivity index (χ4n) is 3.84. The van der Waals surface area contributed by atoms with Gasteiger partial charge in [-0.3, -0.25) is 0 Å². The molecular weight excluding hydrogens is 401 g/mol. The number of rotatable bonds is 2. The van der Waals surface area contributed by atoms with Gasteiger partial charge in [0.15, 0.2) is 5.65 Å². The standard InChI is InChI=1S/C19H15F3N6O2/c1-30-17(29)11-4-2-3-10-12-9-27(8-7-13(12)23-16(10)11)15-6-5-14-24-25-18(19(20,21)22)28(14)26-15/h2-6,23H,7-9H2,1H3. The number of carbonyl (C=O) groups is 1. The van der Waals surface area contributed by atoms with Crippen molar-refractivity contribution >= 4 is 28.3 Å². The van der Waals surface area contributed by atoms with Crippen LogP contribution in [-0.4, -0.2) is 44.4 Å². The number of halogens is 3. The number of esters is 1. The van der Waals surface area contributed by atoms with Crippen molar-refractivity contribution in [3.63, 3.8) is 0 Å². The highest BCUT2D eigenvalue weighted by molar-refractivity contribution is 6.04. The molecule has 5 rings (SSSR count). The second kappa shape index (κ2) is 6.44. The first-order valence-corrected chi connectivity index (χ1v) is 9.12. The van der Waals surface area contributed by atoms with Crippen molar-refractivity contribution in [2.75, 3.05) is 18.6 Å². The molecule has 11 heteroatoms. The van der Waals surface area contributed by atoms with Gasteiger partial charge in [0.1, 0.15) is 5.82 Å². The number of H-pyrrole nitrogens is 1. The van der Waals surface area contributed by atoms with E-state index in [0.717, 1.165) is 21.2 Å². The van der Waals surface area contributed by atoms with Gasteiger partial charge in [0, 0.05) is 36.2 Å². The number of nitrogens with zero attached hydrogens (tertiary/aromatic N) is 5. The van der Waals surface area contributed by atoms with Gasteiger partial charge in [-0.2, -0.15) is 17.7 Å². The van der Waals surface area contributed by atoms with Crippen molar-refractivity contribution < 1.29 is 22.7 Å². The summed E-state index contributed by atoms with van der Waals surface area (Å²) in [5.74, 6) is -1.21. The molecule has 4 aromatic rings. The van der Waals surface area contributed by atoms with Gasteiger partial charge in [-0.05, 0) is 18.2 Å². The van der Waals surface area contributed by atoms with Crippen LogP contribution in [0.2, 0.25) is 0 Å². The summed E-state index contributed by atoms with van der Waals surface area (Å²) in [6.07, 6.45) is -4.03. The van der Waals surface area contributed by atoms with Crippen molar-refractivity contribution in [3.8, 4) is 0 Å². The molecule has 4 heterocycles. The van der Waals surface area contributed by atoms with E-state index in [-0.39, 0.29) is 5.65 Å². The zero-order valence-electron chi connectivity index (χ0n) is 15.7. The molecule has 30 heavy (non-hydrogen) atoms. The lowest BCUT2D eigenvalue weighted by molar-refractivity contribution is -0.146. The third-order valence-electron chi connectivity index (χ3n) is 5.24. The van der Waals surface area contributed by atoms with Crippen LogP contribution in [0.5, 0.6) is 0 Å². The topological polar surface area (TPSA) is 88.4 Å². The molecule has 0 unspecified atom stereocenters. The van der Waals surface area contributed by atoms with E-state index >= 15 is 0 Å². The van der Waals surface area contributed by atoms with E-state index in [1.165, 1.54) is 13.2 Å². The van der Waals surface area contributed by atoms with E-state index in [1.807, 2.05) is 11.0 Å². The summed E-state index contributed by atoms with van der Waals surface area (Å²) < 4.78 is 45.1. The van der Waals surface area contributed by atoms with E-state index in [4.69, 9.17) is 4.74 Å². The van der Waals surface area contributed by atoms with Crippen LogP contribution in [0.25, 0.3) is 16.6 Å². The van der Waals surface area contributed by atoms with Gasteiger partial charge in [-0.15, -0.1) is 15.3 Å². The van der Waals surface area contributed by atoms with E-state index in [9.17, 15) is 18.0 Å². The van der Waals surface area contributed by atoms with Crippen LogP contribution >= 0.6 is 0 Å². The van der Waals surface area contributed by atoms with Crippen molar-refractivity contribution in [2.24, 2.45) is 0 Å². The van der Waals surface area contributed by atoms with Crippen molar-refractivity contribution in [3.05, 3.63) is 53.0 Å². The Bertz CT molecular complexity index is 1290. The van der Waals surface area contributed by atoms with E-state index in [0.29, 0.717) is 36.4 Å². The molecule has 1 aliphatic rings. The average Bonchev–Trinajstić information content (AvgIpc) is 3.33. The van der Waals surface area contributed by atoms with Crippen LogP contribution in [0, 0.1) is 0 Å². The quantitative estimate of drug-likeness (QED) is 0.506. The molecule has 0 amide bonds. The maximum Gasteiger partial charge on any atom is 0.453 e.